The van der Waals surface area contributed by atoms with E-state index < -0.39 is 42.7 Å². The van der Waals surface area contributed by atoms with Gasteiger partial charge in [0, 0.05) is 6.20 Å². The van der Waals surface area contributed by atoms with E-state index in [9.17, 15) is 13.9 Å². The lowest BCUT2D eigenvalue weighted by Crippen LogP contribution is -2.58. The summed E-state index contributed by atoms with van der Waals surface area (Å²) in [6.45, 7) is 0.539. The zero-order valence-electron chi connectivity index (χ0n) is 10.1. The molecule has 0 aromatic rings. The molecule has 9 heteroatoms. The minimum atomic E-state index is -2.22. The van der Waals surface area contributed by atoms with Crippen LogP contribution in [-0.2, 0) is 4.74 Å². The van der Waals surface area contributed by atoms with E-state index in [0.717, 1.165) is 18.0 Å². The van der Waals surface area contributed by atoms with E-state index in [0.29, 0.717) is 0 Å². The van der Waals surface area contributed by atoms with Gasteiger partial charge in [-0.3, -0.25) is 4.90 Å². The second-order valence-corrected chi connectivity index (χ2v) is 5.04. The van der Waals surface area contributed by atoms with Gasteiger partial charge in [-0.15, -0.1) is 0 Å². The predicted octanol–water partition coefficient (Wildman–Crippen LogP) is -0.921. The van der Waals surface area contributed by atoms with Crippen molar-refractivity contribution in [2.75, 3.05) is 6.61 Å². The Labute approximate surface area is 113 Å². The number of aliphatic hydroxyl groups excluding tert-OH is 2. The molecule has 2 aliphatic rings. The predicted molar refractivity (Wildman–Crippen MR) is 66.0 cm³/mol. The van der Waals surface area contributed by atoms with Crippen LogP contribution in [0.2, 0.25) is 0 Å². The summed E-state index contributed by atoms with van der Waals surface area (Å²) in [4.78, 5) is 1.01. The summed E-state index contributed by atoms with van der Waals surface area (Å²) >= 11 is 4.94. The maximum atomic E-state index is 14.5. The van der Waals surface area contributed by atoms with Crippen LogP contribution in [0.5, 0.6) is 0 Å². The van der Waals surface area contributed by atoms with Gasteiger partial charge in [-0.25, -0.2) is 8.78 Å². The number of thiocarbonyl (C=S) groups is 1. The normalized spacial score (nSPS) is 43.2. The number of nitrogens with zero attached hydrogens (tertiary/aromatic N) is 1. The number of ether oxygens (including phenoxy) is 1. The first-order valence-electron chi connectivity index (χ1n) is 5.64. The molecule has 1 fully saturated rings. The molecule has 2 heterocycles. The van der Waals surface area contributed by atoms with Crippen molar-refractivity contribution in [2.24, 2.45) is 5.73 Å². The third kappa shape index (κ3) is 2.32. The molecule has 5 atom stereocenters. The monoisotopic (exact) mass is 295 g/mol. The summed E-state index contributed by atoms with van der Waals surface area (Å²) in [5, 5.41) is 21.2. The average molecular weight is 295 g/mol. The van der Waals surface area contributed by atoms with E-state index >= 15 is 0 Å². The standard InChI is InChI=1S/C10H15F2N3O3S/c1-10(12)6(17)5(3-16)18-8(10)15-2-4(11)7(13)14-9(15)19/h2,5-8,16-17H,3,13H2,1H3,(H,14,19)/t5-,6+,7?,8-,10?/m1/s1. The van der Waals surface area contributed by atoms with Gasteiger partial charge in [0.25, 0.3) is 0 Å². The molecule has 0 aromatic heterocycles. The number of hydrogen-bond acceptors (Lipinski definition) is 5. The number of hydrogen-bond donors (Lipinski definition) is 4. The molecule has 2 aliphatic heterocycles. The Bertz CT molecular complexity index is 421. The van der Waals surface area contributed by atoms with Crippen molar-refractivity contribution in [1.29, 1.82) is 0 Å². The second kappa shape index (κ2) is 4.91. The molecule has 2 unspecified atom stereocenters. The molecule has 2 rings (SSSR count). The van der Waals surface area contributed by atoms with Crippen LogP contribution in [-0.4, -0.2) is 57.1 Å². The number of halogens is 2. The van der Waals surface area contributed by atoms with E-state index in [1.165, 1.54) is 0 Å². The molecule has 0 amide bonds. The van der Waals surface area contributed by atoms with E-state index in [2.05, 4.69) is 5.32 Å². The fraction of sp³-hybridized carbons (Fsp3) is 0.700. The van der Waals surface area contributed by atoms with Crippen LogP contribution >= 0.6 is 12.2 Å². The largest absolute Gasteiger partial charge is 0.394 e. The lowest BCUT2D eigenvalue weighted by molar-refractivity contribution is -0.0666. The molecule has 19 heavy (non-hydrogen) atoms. The van der Waals surface area contributed by atoms with E-state index in [1.54, 1.807) is 0 Å². The highest BCUT2D eigenvalue weighted by Gasteiger charge is 2.56. The summed E-state index contributed by atoms with van der Waals surface area (Å²) < 4.78 is 33.2. The third-order valence-electron chi connectivity index (χ3n) is 3.22. The number of rotatable bonds is 2. The van der Waals surface area contributed by atoms with Crippen molar-refractivity contribution in [3.8, 4) is 0 Å². The molecule has 5 N–H and O–H groups in total. The van der Waals surface area contributed by atoms with Crippen LogP contribution in [0.15, 0.2) is 12.0 Å². The first-order chi connectivity index (χ1) is 8.78. The first kappa shape index (κ1) is 14.5. The highest BCUT2D eigenvalue weighted by atomic mass is 32.1. The van der Waals surface area contributed by atoms with Gasteiger partial charge in [-0.1, -0.05) is 0 Å². The van der Waals surface area contributed by atoms with Gasteiger partial charge in [0.2, 0.25) is 0 Å². The Morgan fingerprint density at radius 3 is 2.84 bits per heavy atom. The van der Waals surface area contributed by atoms with Crippen molar-refractivity contribution >= 4 is 17.3 Å². The van der Waals surface area contributed by atoms with Crippen LogP contribution in [0.25, 0.3) is 0 Å². The van der Waals surface area contributed by atoms with Crippen LogP contribution < -0.4 is 11.1 Å². The summed E-state index contributed by atoms with van der Waals surface area (Å²) in [6.07, 6.45) is -4.15. The number of nitrogens with one attached hydrogen (secondary N) is 1. The van der Waals surface area contributed by atoms with Gasteiger partial charge in [0.15, 0.2) is 22.8 Å². The molecular weight excluding hydrogens is 280 g/mol. The fourth-order valence-electron chi connectivity index (χ4n) is 2.09. The van der Waals surface area contributed by atoms with Gasteiger partial charge >= 0.3 is 0 Å². The molecule has 0 saturated carbocycles. The fourth-order valence-corrected chi connectivity index (χ4v) is 2.36. The van der Waals surface area contributed by atoms with Crippen LogP contribution in [0, 0.1) is 0 Å². The van der Waals surface area contributed by atoms with Gasteiger partial charge in [-0.05, 0) is 19.1 Å². The quantitative estimate of drug-likeness (QED) is 0.490. The van der Waals surface area contributed by atoms with E-state index in [-0.39, 0.29) is 5.11 Å². The number of nitrogens with two attached hydrogens (primary N) is 1. The zero-order valence-corrected chi connectivity index (χ0v) is 10.9. The zero-order chi connectivity index (χ0) is 14.4. The molecular formula is C10H15F2N3O3S. The summed E-state index contributed by atoms with van der Waals surface area (Å²) in [5.41, 5.74) is 3.16. The van der Waals surface area contributed by atoms with Crippen molar-refractivity contribution in [3.05, 3.63) is 12.0 Å². The Morgan fingerprint density at radius 1 is 1.68 bits per heavy atom. The van der Waals surface area contributed by atoms with Crippen LogP contribution in [0.4, 0.5) is 8.78 Å². The number of alkyl halides is 1. The molecule has 0 aliphatic carbocycles. The van der Waals surface area contributed by atoms with Gasteiger partial charge in [-0.2, -0.15) is 0 Å². The van der Waals surface area contributed by atoms with E-state index in [4.69, 9.17) is 27.8 Å². The summed E-state index contributed by atoms with van der Waals surface area (Å²) in [7, 11) is 0. The molecule has 108 valence electrons. The van der Waals surface area contributed by atoms with Gasteiger partial charge in [0.05, 0.1) is 6.61 Å². The van der Waals surface area contributed by atoms with Crippen molar-refractivity contribution in [2.45, 2.75) is 37.2 Å². The Morgan fingerprint density at radius 2 is 2.32 bits per heavy atom. The first-order valence-corrected chi connectivity index (χ1v) is 6.04. The van der Waals surface area contributed by atoms with Crippen LogP contribution in [0.1, 0.15) is 6.92 Å². The smallest absolute Gasteiger partial charge is 0.181 e. The molecule has 0 spiro atoms. The minimum absolute atomic E-state index is 0.0198. The highest BCUT2D eigenvalue weighted by molar-refractivity contribution is 7.80. The molecule has 0 radical (unpaired) electrons. The average Bonchev–Trinajstić information content (AvgIpc) is 2.56. The van der Waals surface area contributed by atoms with Crippen molar-refractivity contribution < 1.29 is 23.7 Å². The Hall–Kier alpha value is -0.870. The lowest BCUT2D eigenvalue weighted by Gasteiger charge is -2.37. The van der Waals surface area contributed by atoms with Crippen molar-refractivity contribution in [1.82, 2.24) is 10.2 Å². The van der Waals surface area contributed by atoms with Crippen LogP contribution in [0.3, 0.4) is 0 Å². The molecule has 0 bridgehead atoms. The molecule has 0 aromatic carbocycles. The molecule has 6 nitrogen and oxygen atoms in total. The lowest BCUT2D eigenvalue weighted by atomic mass is 9.98. The maximum Gasteiger partial charge on any atom is 0.181 e. The van der Waals surface area contributed by atoms with Gasteiger partial charge < -0.3 is 26.0 Å². The topological polar surface area (TPSA) is 91.0 Å². The Kier molecular flexibility index (Phi) is 3.76. The van der Waals surface area contributed by atoms with Crippen molar-refractivity contribution in [3.63, 3.8) is 0 Å². The SMILES string of the molecule is CC1(F)[C@@H](O)[C@@H](CO)O[C@H]1N1C=C(F)C(N)NC1=S. The maximum absolute atomic E-state index is 14.5. The minimum Gasteiger partial charge on any atom is -0.394 e. The third-order valence-corrected chi connectivity index (χ3v) is 3.55. The second-order valence-electron chi connectivity index (χ2n) is 4.65. The Balaban J connectivity index is 2.29. The molecule has 1 saturated heterocycles. The summed E-state index contributed by atoms with van der Waals surface area (Å²) in [5.74, 6) is -0.741. The van der Waals surface area contributed by atoms with E-state index in [1.807, 2.05) is 0 Å². The highest BCUT2D eigenvalue weighted by Crippen LogP contribution is 2.37. The number of aliphatic hydroxyl groups is 2. The summed E-state index contributed by atoms with van der Waals surface area (Å²) in [6, 6.07) is 0. The van der Waals surface area contributed by atoms with Gasteiger partial charge in [0.1, 0.15) is 18.4 Å².